The molecule has 4 amide bonds. The molecule has 2 aliphatic heterocycles. The second-order valence-electron chi connectivity index (χ2n) is 9.11. The minimum atomic E-state index is -0.574. The first-order valence-corrected chi connectivity index (χ1v) is 12.8. The van der Waals surface area contributed by atoms with Crippen LogP contribution >= 0.6 is 0 Å². The van der Waals surface area contributed by atoms with Crippen molar-refractivity contribution in [3.63, 3.8) is 0 Å². The summed E-state index contributed by atoms with van der Waals surface area (Å²) in [4.78, 5) is 45.4. The van der Waals surface area contributed by atoms with Crippen LogP contribution in [-0.4, -0.2) is 62.4 Å². The molecule has 0 radical (unpaired) electrons. The Kier molecular flexibility index (Phi) is 11.0. The Labute approximate surface area is 217 Å². The van der Waals surface area contributed by atoms with Crippen LogP contribution in [0.25, 0.3) is 6.08 Å². The van der Waals surface area contributed by atoms with Crippen LogP contribution in [0.1, 0.15) is 56.1 Å². The number of benzene rings is 1. The summed E-state index contributed by atoms with van der Waals surface area (Å²) in [5.41, 5.74) is 2.38. The van der Waals surface area contributed by atoms with Gasteiger partial charge in [0.05, 0.1) is 13.2 Å². The van der Waals surface area contributed by atoms with E-state index in [0.717, 1.165) is 24.8 Å². The van der Waals surface area contributed by atoms with Gasteiger partial charge < -0.3 is 30.7 Å². The van der Waals surface area contributed by atoms with E-state index in [1.165, 1.54) is 5.56 Å². The average Bonchev–Trinajstić information content (AvgIpc) is 2.89. The molecule has 3 atom stereocenters. The van der Waals surface area contributed by atoms with Crippen molar-refractivity contribution < 1.29 is 28.7 Å². The fraction of sp³-hybridized carbons (Fsp3) is 0.481. The van der Waals surface area contributed by atoms with Crippen LogP contribution in [0, 0.1) is 0 Å². The van der Waals surface area contributed by atoms with Gasteiger partial charge in [-0.15, -0.1) is 0 Å². The van der Waals surface area contributed by atoms with Crippen molar-refractivity contribution in [2.24, 2.45) is 0 Å². The Bertz CT molecular complexity index is 1010. The lowest BCUT2D eigenvalue weighted by Gasteiger charge is -2.26. The van der Waals surface area contributed by atoms with Crippen LogP contribution in [0.2, 0.25) is 0 Å². The Morgan fingerprint density at radius 2 is 1.54 bits per heavy atom. The zero-order valence-corrected chi connectivity index (χ0v) is 21.2. The highest BCUT2D eigenvalue weighted by molar-refractivity contribution is 5.91. The third-order valence-corrected chi connectivity index (χ3v) is 6.18. The average molecular weight is 513 g/mol. The van der Waals surface area contributed by atoms with Crippen LogP contribution in [0.5, 0.6) is 0 Å². The number of rotatable bonds is 14. The number of nitrogens with one attached hydrogen (secondary N) is 4. The molecule has 4 N–H and O–H groups in total. The lowest BCUT2D eigenvalue weighted by Crippen LogP contribution is -2.61. The fourth-order valence-electron chi connectivity index (χ4n) is 3.75. The monoisotopic (exact) mass is 512 g/mol. The van der Waals surface area contributed by atoms with Gasteiger partial charge in [0, 0.05) is 13.1 Å². The molecule has 0 aliphatic carbocycles. The van der Waals surface area contributed by atoms with Gasteiger partial charge in [0.25, 0.3) is 0 Å². The lowest BCUT2D eigenvalue weighted by molar-refractivity contribution is -0.128. The minimum Gasteiger partial charge on any atom is -0.449 e. The number of β-lactam (4-membered cyclic amide) rings is 2. The molecule has 37 heavy (non-hydrogen) atoms. The van der Waals surface area contributed by atoms with Gasteiger partial charge in [-0.2, -0.15) is 0 Å². The summed E-state index contributed by atoms with van der Waals surface area (Å²) in [7, 11) is 0. The van der Waals surface area contributed by atoms with Crippen molar-refractivity contribution in [2.45, 2.75) is 57.0 Å². The van der Waals surface area contributed by atoms with E-state index < -0.39 is 24.3 Å². The van der Waals surface area contributed by atoms with Gasteiger partial charge in [0.2, 0.25) is 11.8 Å². The molecule has 1 unspecified atom stereocenters. The third kappa shape index (κ3) is 9.63. The zero-order chi connectivity index (χ0) is 26.5. The van der Waals surface area contributed by atoms with Gasteiger partial charge in [-0.05, 0) is 49.1 Å². The van der Waals surface area contributed by atoms with E-state index in [-0.39, 0.29) is 25.0 Å². The predicted molar refractivity (Wildman–Crippen MR) is 139 cm³/mol. The number of carbonyl (C=O) groups is 4. The largest absolute Gasteiger partial charge is 0.449 e. The summed E-state index contributed by atoms with van der Waals surface area (Å²) >= 11 is 0. The maximum atomic E-state index is 11.6. The summed E-state index contributed by atoms with van der Waals surface area (Å²) in [6, 6.07) is 7.46. The van der Waals surface area contributed by atoms with Crippen molar-refractivity contribution >= 4 is 30.1 Å². The Balaban J connectivity index is 1.24. The van der Waals surface area contributed by atoms with E-state index in [1.54, 1.807) is 0 Å². The number of alkyl carbamates (subject to hydrolysis) is 2. The molecule has 10 heteroatoms. The molecular weight excluding hydrogens is 476 g/mol. The fourth-order valence-corrected chi connectivity index (χ4v) is 3.75. The van der Waals surface area contributed by atoms with E-state index in [4.69, 9.17) is 9.47 Å². The highest BCUT2D eigenvalue weighted by Crippen LogP contribution is 2.23. The van der Waals surface area contributed by atoms with Crippen molar-refractivity contribution in [2.75, 3.05) is 26.3 Å². The van der Waals surface area contributed by atoms with Gasteiger partial charge in [0.15, 0.2) is 0 Å². The number of hydrogen-bond donors (Lipinski definition) is 4. The molecule has 1 aromatic carbocycles. The normalized spacial score (nSPS) is 19.4. The molecule has 3 rings (SSSR count). The molecule has 2 heterocycles. The number of carbonyl (C=O) groups excluding carboxylic acids is 4. The standard InChI is InChI=1S/C27H36N4O6/c1-19(10-5-3-2-4-7-14-36-26(34)30-22-17-28-24(22)32)21-13-9-12-20(16-21)11-6-8-15-37-27(35)31-23-18-29-25(23)33/h2,4,6,9,11-13,16,19,22-23H,3,5,7-8,10,14-15,17-18H2,1H3,(H,28,32)(H,29,33)(H,30,34)(H,31,35)/b4-2-,11-6+/t19?,22-,23-/m0/s1. The lowest BCUT2D eigenvalue weighted by atomic mass is 9.94. The summed E-state index contributed by atoms with van der Waals surface area (Å²) in [5.74, 6) is 0.0579. The molecule has 2 fully saturated rings. The van der Waals surface area contributed by atoms with Gasteiger partial charge in [-0.3, -0.25) is 9.59 Å². The summed E-state index contributed by atoms with van der Waals surface area (Å²) in [6.07, 6.45) is 11.3. The van der Waals surface area contributed by atoms with Crippen LogP contribution in [0.4, 0.5) is 9.59 Å². The van der Waals surface area contributed by atoms with Gasteiger partial charge >= 0.3 is 12.2 Å². The second-order valence-corrected chi connectivity index (χ2v) is 9.11. The smallest absolute Gasteiger partial charge is 0.407 e. The molecule has 0 saturated carbocycles. The van der Waals surface area contributed by atoms with Gasteiger partial charge in [0.1, 0.15) is 12.1 Å². The number of unbranched alkanes of at least 4 members (excludes halogenated alkanes) is 1. The number of allylic oxidation sites excluding steroid dienone is 1. The van der Waals surface area contributed by atoms with Crippen molar-refractivity contribution in [3.8, 4) is 0 Å². The first kappa shape index (κ1) is 27.8. The van der Waals surface area contributed by atoms with Crippen LogP contribution < -0.4 is 21.3 Å². The van der Waals surface area contributed by atoms with E-state index in [2.05, 4.69) is 46.4 Å². The summed E-state index contributed by atoms with van der Waals surface area (Å²) in [6.45, 7) is 3.65. The molecule has 0 aromatic heterocycles. The molecule has 2 saturated heterocycles. The van der Waals surface area contributed by atoms with E-state index >= 15 is 0 Å². The van der Waals surface area contributed by atoms with E-state index in [1.807, 2.05) is 30.4 Å². The quantitative estimate of drug-likeness (QED) is 0.172. The Hall–Kier alpha value is -3.82. The molecule has 2 aliphatic rings. The molecule has 10 nitrogen and oxygen atoms in total. The first-order chi connectivity index (χ1) is 17.9. The van der Waals surface area contributed by atoms with Crippen molar-refractivity contribution in [1.29, 1.82) is 0 Å². The Morgan fingerprint density at radius 3 is 2.11 bits per heavy atom. The Morgan fingerprint density at radius 1 is 0.946 bits per heavy atom. The van der Waals surface area contributed by atoms with Gasteiger partial charge in [-0.25, -0.2) is 9.59 Å². The predicted octanol–water partition coefficient (Wildman–Crippen LogP) is 2.76. The van der Waals surface area contributed by atoms with E-state index in [9.17, 15) is 19.2 Å². The maximum Gasteiger partial charge on any atom is 0.407 e. The van der Waals surface area contributed by atoms with Crippen LogP contribution in [0.15, 0.2) is 42.5 Å². The molecule has 0 spiro atoms. The molecule has 0 bridgehead atoms. The first-order valence-electron chi connectivity index (χ1n) is 12.8. The molecule has 200 valence electrons. The summed E-state index contributed by atoms with van der Waals surface area (Å²) < 4.78 is 10.2. The molecule has 1 aromatic rings. The SMILES string of the molecule is CC(CCC/C=C\CCOC(=O)N[C@H]1CNC1=O)c1cccc(/C=C/CCOC(=O)N[C@H]2CNC2=O)c1. The van der Waals surface area contributed by atoms with E-state index in [0.29, 0.717) is 31.8 Å². The zero-order valence-electron chi connectivity index (χ0n) is 21.2. The van der Waals surface area contributed by atoms with Crippen LogP contribution in [0.3, 0.4) is 0 Å². The van der Waals surface area contributed by atoms with Crippen molar-refractivity contribution in [1.82, 2.24) is 21.3 Å². The maximum absolute atomic E-state index is 11.6. The van der Waals surface area contributed by atoms with Gasteiger partial charge in [-0.1, -0.05) is 55.5 Å². The second kappa shape index (κ2) is 14.7. The topological polar surface area (TPSA) is 135 Å². The number of hydrogen-bond acceptors (Lipinski definition) is 6. The summed E-state index contributed by atoms with van der Waals surface area (Å²) in [5, 5.41) is 10.1. The third-order valence-electron chi connectivity index (χ3n) is 6.18. The molecular formula is C27H36N4O6. The minimum absolute atomic E-state index is 0.180. The highest BCUT2D eigenvalue weighted by Gasteiger charge is 2.30. The number of ether oxygens (including phenoxy) is 2. The van der Waals surface area contributed by atoms with Crippen LogP contribution in [-0.2, 0) is 19.1 Å². The highest BCUT2D eigenvalue weighted by atomic mass is 16.6. The van der Waals surface area contributed by atoms with Crippen molar-refractivity contribution in [3.05, 3.63) is 53.6 Å². The number of amides is 4.